The number of amides is 1. The largest absolute Gasteiger partial charge is 0.351 e. The van der Waals surface area contributed by atoms with Crippen molar-refractivity contribution in [2.75, 3.05) is 19.6 Å². The molecule has 1 fully saturated rings. The topological polar surface area (TPSA) is 78.5 Å². The van der Waals surface area contributed by atoms with Gasteiger partial charge in [-0.05, 0) is 49.9 Å². The molecule has 2 rings (SSSR count). The van der Waals surface area contributed by atoms with Crippen molar-refractivity contribution in [2.24, 2.45) is 11.8 Å². The highest BCUT2D eigenvalue weighted by Gasteiger charge is 2.27. The van der Waals surface area contributed by atoms with Gasteiger partial charge in [-0.1, -0.05) is 20.8 Å². The number of likely N-dealkylation sites (tertiary alicyclic amines) is 1. The van der Waals surface area contributed by atoms with Crippen molar-refractivity contribution in [2.45, 2.75) is 57.3 Å². The lowest BCUT2D eigenvalue weighted by Gasteiger charge is -2.38. The van der Waals surface area contributed by atoms with E-state index in [1.807, 2.05) is 0 Å². The number of nitrogens with one attached hydrogen (secondary N) is 2. The summed E-state index contributed by atoms with van der Waals surface area (Å²) >= 11 is 1.20. The van der Waals surface area contributed by atoms with Crippen molar-refractivity contribution in [1.82, 2.24) is 14.9 Å². The Hall–Kier alpha value is -0.960. The molecule has 0 spiro atoms. The summed E-state index contributed by atoms with van der Waals surface area (Å²) in [4.78, 5) is 14.2. The smallest absolute Gasteiger partial charge is 0.250 e. The normalized spacial score (nSPS) is 18.2. The van der Waals surface area contributed by atoms with E-state index >= 15 is 0 Å². The third kappa shape index (κ3) is 6.04. The van der Waals surface area contributed by atoms with Gasteiger partial charge in [0.25, 0.3) is 0 Å². The lowest BCUT2D eigenvalue weighted by atomic mass is 9.94. The Balaban J connectivity index is 1.97. The molecule has 2 heterocycles. The summed E-state index contributed by atoms with van der Waals surface area (Å²) in [5.74, 6) is 1.00. The first-order valence-corrected chi connectivity index (χ1v) is 11.6. The summed E-state index contributed by atoms with van der Waals surface area (Å²) in [5.41, 5.74) is 0. The van der Waals surface area contributed by atoms with Crippen molar-refractivity contribution >= 4 is 27.3 Å². The first-order valence-electron chi connectivity index (χ1n) is 9.26. The molecule has 8 heteroatoms. The van der Waals surface area contributed by atoms with Gasteiger partial charge >= 0.3 is 0 Å². The van der Waals surface area contributed by atoms with Gasteiger partial charge in [-0.3, -0.25) is 9.69 Å². The number of thiophene rings is 1. The predicted molar refractivity (Wildman–Crippen MR) is 106 cm³/mol. The standard InChI is InChI=1S/C18H31N3O3S2/c1-13(2)17(21-9-7-14(3)8-10-21)12-20-26(23,24)18-6-5-16(25-18)11-19-15(4)22/h5-6,13-14,17,20H,7-12H2,1-4H3,(H,19,22)/t17-/m1/s1. The minimum absolute atomic E-state index is 0.128. The van der Waals surface area contributed by atoms with Crippen LogP contribution in [0.3, 0.4) is 0 Å². The van der Waals surface area contributed by atoms with Gasteiger partial charge < -0.3 is 5.32 Å². The molecule has 26 heavy (non-hydrogen) atoms. The minimum Gasteiger partial charge on any atom is -0.351 e. The molecule has 0 aromatic carbocycles. The second kappa shape index (κ2) is 9.30. The summed E-state index contributed by atoms with van der Waals surface area (Å²) in [5, 5.41) is 2.69. The predicted octanol–water partition coefficient (Wildman–Crippen LogP) is 2.42. The summed E-state index contributed by atoms with van der Waals surface area (Å²) < 4.78 is 28.4. The number of hydrogen-bond donors (Lipinski definition) is 2. The Morgan fingerprint density at radius 1 is 1.31 bits per heavy atom. The van der Waals surface area contributed by atoms with Crippen LogP contribution in [0.15, 0.2) is 16.3 Å². The molecular weight excluding hydrogens is 370 g/mol. The van der Waals surface area contributed by atoms with E-state index in [0.29, 0.717) is 23.2 Å². The molecule has 0 unspecified atom stereocenters. The zero-order valence-corrected chi connectivity index (χ0v) is 17.8. The first kappa shape index (κ1) is 21.3. The highest BCUT2D eigenvalue weighted by Crippen LogP contribution is 2.23. The maximum absolute atomic E-state index is 12.6. The Labute approximate surface area is 161 Å². The average Bonchev–Trinajstić information content (AvgIpc) is 3.04. The second-order valence-corrected chi connectivity index (χ2v) is 10.7. The molecule has 0 aliphatic carbocycles. The van der Waals surface area contributed by atoms with Crippen LogP contribution in [0.4, 0.5) is 0 Å². The fourth-order valence-corrected chi connectivity index (χ4v) is 5.61. The Morgan fingerprint density at radius 2 is 1.96 bits per heavy atom. The lowest BCUT2D eigenvalue weighted by molar-refractivity contribution is -0.119. The van der Waals surface area contributed by atoms with Gasteiger partial charge in [0.05, 0.1) is 6.54 Å². The molecule has 2 N–H and O–H groups in total. The number of nitrogens with zero attached hydrogens (tertiary/aromatic N) is 1. The lowest BCUT2D eigenvalue weighted by Crippen LogP contribution is -2.49. The number of rotatable bonds is 8. The van der Waals surface area contributed by atoms with Crippen molar-refractivity contribution in [3.05, 3.63) is 17.0 Å². The van der Waals surface area contributed by atoms with Crippen LogP contribution < -0.4 is 10.0 Å². The van der Waals surface area contributed by atoms with Gasteiger partial charge in [-0.2, -0.15) is 0 Å². The van der Waals surface area contributed by atoms with E-state index in [1.165, 1.54) is 31.1 Å². The van der Waals surface area contributed by atoms with E-state index < -0.39 is 10.0 Å². The van der Waals surface area contributed by atoms with Gasteiger partial charge in [0, 0.05) is 24.4 Å². The average molecular weight is 402 g/mol. The van der Waals surface area contributed by atoms with Crippen LogP contribution in [0.2, 0.25) is 0 Å². The van der Waals surface area contributed by atoms with Crippen molar-refractivity contribution in [3.63, 3.8) is 0 Å². The summed E-state index contributed by atoms with van der Waals surface area (Å²) in [6.07, 6.45) is 2.35. The molecule has 1 atom stereocenters. The first-order chi connectivity index (χ1) is 12.2. The molecule has 1 aromatic heterocycles. The van der Waals surface area contributed by atoms with Crippen LogP contribution in [0.25, 0.3) is 0 Å². The zero-order valence-electron chi connectivity index (χ0n) is 16.1. The van der Waals surface area contributed by atoms with E-state index in [1.54, 1.807) is 12.1 Å². The van der Waals surface area contributed by atoms with Gasteiger partial charge in [0.2, 0.25) is 15.9 Å². The van der Waals surface area contributed by atoms with Gasteiger partial charge in [0.1, 0.15) is 4.21 Å². The molecule has 0 bridgehead atoms. The molecule has 1 aliphatic rings. The molecule has 148 valence electrons. The van der Waals surface area contributed by atoms with Crippen molar-refractivity contribution in [1.29, 1.82) is 0 Å². The molecule has 1 saturated heterocycles. The summed E-state index contributed by atoms with van der Waals surface area (Å²) in [6.45, 7) is 10.9. The van der Waals surface area contributed by atoms with E-state index in [4.69, 9.17) is 0 Å². The number of hydrogen-bond acceptors (Lipinski definition) is 5. The number of piperidine rings is 1. The summed E-state index contributed by atoms with van der Waals surface area (Å²) in [7, 11) is -3.53. The highest BCUT2D eigenvalue weighted by molar-refractivity contribution is 7.91. The number of carbonyl (C=O) groups is 1. The fraction of sp³-hybridized carbons (Fsp3) is 0.722. The van der Waals surface area contributed by atoms with Gasteiger partial charge in [-0.25, -0.2) is 13.1 Å². The Kier molecular flexibility index (Phi) is 7.63. The van der Waals surface area contributed by atoms with Crippen LogP contribution in [0.5, 0.6) is 0 Å². The molecular formula is C18H31N3O3S2. The third-order valence-corrected chi connectivity index (χ3v) is 7.95. The van der Waals surface area contributed by atoms with Crippen molar-refractivity contribution in [3.8, 4) is 0 Å². The fourth-order valence-electron chi connectivity index (χ4n) is 3.22. The Morgan fingerprint density at radius 3 is 2.54 bits per heavy atom. The van der Waals surface area contributed by atoms with E-state index in [-0.39, 0.29) is 11.9 Å². The zero-order chi connectivity index (χ0) is 19.3. The molecule has 1 aliphatic heterocycles. The van der Waals surface area contributed by atoms with Gasteiger partial charge in [-0.15, -0.1) is 11.3 Å². The van der Waals surface area contributed by atoms with Crippen molar-refractivity contribution < 1.29 is 13.2 Å². The second-order valence-electron chi connectivity index (χ2n) is 7.51. The van der Waals surface area contributed by atoms with Crippen LogP contribution in [-0.4, -0.2) is 44.9 Å². The van der Waals surface area contributed by atoms with Crippen LogP contribution >= 0.6 is 11.3 Å². The SMILES string of the molecule is CC(=O)NCc1ccc(S(=O)(=O)NC[C@H](C(C)C)N2CCC(C)CC2)s1. The molecule has 0 radical (unpaired) electrons. The maximum atomic E-state index is 12.6. The summed E-state index contributed by atoms with van der Waals surface area (Å²) in [6, 6.07) is 3.56. The number of sulfonamides is 1. The number of carbonyl (C=O) groups excluding carboxylic acids is 1. The monoisotopic (exact) mass is 401 g/mol. The van der Waals surface area contributed by atoms with Gasteiger partial charge in [0.15, 0.2) is 0 Å². The van der Waals surface area contributed by atoms with Crippen LogP contribution in [-0.2, 0) is 21.4 Å². The van der Waals surface area contributed by atoms with Crippen LogP contribution in [0.1, 0.15) is 45.4 Å². The third-order valence-electron chi connectivity index (χ3n) is 4.95. The van der Waals surface area contributed by atoms with E-state index in [9.17, 15) is 13.2 Å². The quantitative estimate of drug-likeness (QED) is 0.701. The van der Waals surface area contributed by atoms with Crippen LogP contribution in [0, 0.1) is 11.8 Å². The maximum Gasteiger partial charge on any atom is 0.250 e. The molecule has 1 amide bonds. The van der Waals surface area contributed by atoms with E-state index in [0.717, 1.165) is 23.9 Å². The molecule has 1 aromatic rings. The minimum atomic E-state index is -3.53. The Bertz CT molecular complexity index is 692. The highest BCUT2D eigenvalue weighted by atomic mass is 32.2. The molecule has 0 saturated carbocycles. The van der Waals surface area contributed by atoms with E-state index in [2.05, 4.69) is 35.7 Å². The molecule has 6 nitrogen and oxygen atoms in total.